The Morgan fingerprint density at radius 1 is 1.07 bits per heavy atom. The second-order valence-electron chi connectivity index (χ2n) is 6.88. The fourth-order valence-electron chi connectivity index (χ4n) is 2.69. The maximum atomic E-state index is 12.5. The largest absolute Gasteiger partial charge is 0.448 e. The van der Waals surface area contributed by atoms with Gasteiger partial charge in [0, 0.05) is 33.4 Å². The van der Waals surface area contributed by atoms with Crippen LogP contribution in [0, 0.1) is 11.3 Å². The molecule has 0 spiro atoms. The molecule has 0 N–H and O–H groups in total. The van der Waals surface area contributed by atoms with Gasteiger partial charge in [0.05, 0.1) is 0 Å². The van der Waals surface area contributed by atoms with Crippen LogP contribution in [0.2, 0.25) is 0 Å². The van der Waals surface area contributed by atoms with E-state index in [4.69, 9.17) is 4.74 Å². The zero-order valence-corrected chi connectivity index (χ0v) is 17.1. The molecule has 0 bridgehead atoms. The number of amides is 1. The standard InChI is InChI=1S/C23H25N3O3/c1-17(22(27)26(4)16-19-8-6-5-7-9-19)29-23(28)20(15-24)14-18-10-12-21(13-11-18)25(2)3/h5-14,17H,16H2,1-4H3. The maximum Gasteiger partial charge on any atom is 0.349 e. The van der Waals surface area contributed by atoms with Gasteiger partial charge in [0.25, 0.3) is 5.91 Å². The number of anilines is 1. The van der Waals surface area contributed by atoms with E-state index >= 15 is 0 Å². The minimum atomic E-state index is -0.996. The molecule has 0 aliphatic heterocycles. The highest BCUT2D eigenvalue weighted by Crippen LogP contribution is 2.15. The quantitative estimate of drug-likeness (QED) is 0.411. The van der Waals surface area contributed by atoms with E-state index in [-0.39, 0.29) is 11.5 Å². The number of hydrogen-bond acceptors (Lipinski definition) is 5. The van der Waals surface area contributed by atoms with Gasteiger partial charge in [0.15, 0.2) is 6.10 Å². The molecule has 0 fully saturated rings. The topological polar surface area (TPSA) is 73.6 Å². The molecule has 150 valence electrons. The molecule has 0 saturated carbocycles. The van der Waals surface area contributed by atoms with Crippen molar-refractivity contribution in [3.63, 3.8) is 0 Å². The first-order valence-corrected chi connectivity index (χ1v) is 9.21. The summed E-state index contributed by atoms with van der Waals surface area (Å²) in [4.78, 5) is 28.3. The number of likely N-dealkylation sites (N-methyl/N-ethyl adjacent to an activating group) is 1. The molecule has 6 heteroatoms. The van der Waals surface area contributed by atoms with Gasteiger partial charge in [-0.15, -0.1) is 0 Å². The molecule has 0 aliphatic rings. The highest BCUT2D eigenvalue weighted by Gasteiger charge is 2.23. The van der Waals surface area contributed by atoms with E-state index in [0.717, 1.165) is 11.3 Å². The summed E-state index contributed by atoms with van der Waals surface area (Å²) < 4.78 is 5.23. The summed E-state index contributed by atoms with van der Waals surface area (Å²) in [6.07, 6.45) is 0.455. The molecule has 0 heterocycles. The van der Waals surface area contributed by atoms with E-state index in [2.05, 4.69) is 0 Å². The van der Waals surface area contributed by atoms with Gasteiger partial charge in [-0.3, -0.25) is 4.79 Å². The van der Waals surface area contributed by atoms with Crippen molar-refractivity contribution in [1.29, 1.82) is 5.26 Å². The fraction of sp³-hybridized carbons (Fsp3) is 0.261. The van der Waals surface area contributed by atoms with E-state index in [9.17, 15) is 14.9 Å². The fourth-order valence-corrected chi connectivity index (χ4v) is 2.69. The van der Waals surface area contributed by atoms with Crippen molar-refractivity contribution >= 4 is 23.6 Å². The van der Waals surface area contributed by atoms with Crippen LogP contribution in [0.1, 0.15) is 18.1 Å². The number of nitrogens with zero attached hydrogens (tertiary/aromatic N) is 3. The van der Waals surface area contributed by atoms with Crippen LogP contribution in [0.4, 0.5) is 5.69 Å². The summed E-state index contributed by atoms with van der Waals surface area (Å²) in [5.41, 5.74) is 2.52. The van der Waals surface area contributed by atoms with Crippen LogP contribution in [0.25, 0.3) is 6.08 Å². The number of nitriles is 1. The molecule has 2 aromatic rings. The van der Waals surface area contributed by atoms with E-state index in [1.807, 2.05) is 79.7 Å². The Bertz CT molecular complexity index is 913. The third-order valence-electron chi connectivity index (χ3n) is 4.33. The van der Waals surface area contributed by atoms with Crippen molar-refractivity contribution in [1.82, 2.24) is 4.90 Å². The molecular weight excluding hydrogens is 366 g/mol. The molecule has 1 atom stereocenters. The SMILES string of the molecule is CC(OC(=O)C(C#N)=Cc1ccc(N(C)C)cc1)C(=O)N(C)Cc1ccccc1. The van der Waals surface area contributed by atoms with Crippen LogP contribution in [0.3, 0.4) is 0 Å². The van der Waals surface area contributed by atoms with E-state index < -0.39 is 12.1 Å². The molecule has 0 aromatic heterocycles. The Morgan fingerprint density at radius 3 is 2.24 bits per heavy atom. The molecule has 2 rings (SSSR count). The third kappa shape index (κ3) is 6.22. The normalized spacial score (nSPS) is 11.9. The summed E-state index contributed by atoms with van der Waals surface area (Å²) in [6.45, 7) is 1.91. The lowest BCUT2D eigenvalue weighted by atomic mass is 10.1. The molecule has 0 saturated heterocycles. The van der Waals surface area contributed by atoms with Crippen molar-refractivity contribution < 1.29 is 14.3 Å². The number of rotatable bonds is 7. The minimum Gasteiger partial charge on any atom is -0.448 e. The summed E-state index contributed by atoms with van der Waals surface area (Å²) in [5.74, 6) is -1.16. The van der Waals surface area contributed by atoms with Crippen molar-refractivity contribution in [2.45, 2.75) is 19.6 Å². The first-order valence-electron chi connectivity index (χ1n) is 9.21. The van der Waals surface area contributed by atoms with E-state index in [0.29, 0.717) is 12.1 Å². The van der Waals surface area contributed by atoms with Gasteiger partial charge < -0.3 is 14.5 Å². The lowest BCUT2D eigenvalue weighted by Crippen LogP contribution is -2.37. The predicted molar refractivity (Wildman–Crippen MR) is 113 cm³/mol. The molecular formula is C23H25N3O3. The van der Waals surface area contributed by atoms with Gasteiger partial charge >= 0.3 is 5.97 Å². The van der Waals surface area contributed by atoms with E-state index in [1.54, 1.807) is 7.05 Å². The van der Waals surface area contributed by atoms with Crippen LogP contribution in [0.5, 0.6) is 0 Å². The number of esters is 1. The maximum absolute atomic E-state index is 12.5. The third-order valence-corrected chi connectivity index (χ3v) is 4.33. The Hall–Kier alpha value is -3.59. The second kappa shape index (κ2) is 10.1. The van der Waals surface area contributed by atoms with Gasteiger partial charge in [-0.05, 0) is 36.3 Å². The number of carbonyl (C=O) groups is 2. The minimum absolute atomic E-state index is 0.159. The van der Waals surface area contributed by atoms with Crippen LogP contribution >= 0.6 is 0 Å². The van der Waals surface area contributed by atoms with Gasteiger partial charge in [0.1, 0.15) is 11.6 Å². The lowest BCUT2D eigenvalue weighted by Gasteiger charge is -2.21. The van der Waals surface area contributed by atoms with Gasteiger partial charge in [-0.25, -0.2) is 4.79 Å². The zero-order valence-electron chi connectivity index (χ0n) is 17.1. The Morgan fingerprint density at radius 2 is 1.69 bits per heavy atom. The molecule has 6 nitrogen and oxygen atoms in total. The van der Waals surface area contributed by atoms with Gasteiger partial charge in [-0.2, -0.15) is 5.26 Å². The Balaban J connectivity index is 2.02. The smallest absolute Gasteiger partial charge is 0.349 e. The van der Waals surface area contributed by atoms with E-state index in [1.165, 1.54) is 17.9 Å². The molecule has 2 aromatic carbocycles. The summed E-state index contributed by atoms with van der Waals surface area (Å²) in [6, 6.07) is 18.8. The van der Waals surface area contributed by atoms with Crippen LogP contribution in [-0.4, -0.2) is 44.0 Å². The van der Waals surface area contributed by atoms with Crippen molar-refractivity contribution in [3.8, 4) is 6.07 Å². The highest BCUT2D eigenvalue weighted by molar-refractivity contribution is 5.99. The zero-order chi connectivity index (χ0) is 21.4. The second-order valence-corrected chi connectivity index (χ2v) is 6.88. The van der Waals surface area contributed by atoms with Crippen molar-refractivity contribution in [3.05, 3.63) is 71.3 Å². The number of benzene rings is 2. The number of ether oxygens (including phenoxy) is 1. The first kappa shape index (κ1) is 21.7. The Kier molecular flexibility index (Phi) is 7.55. The van der Waals surface area contributed by atoms with Gasteiger partial charge in [0.2, 0.25) is 0 Å². The predicted octanol–water partition coefficient (Wildman–Crippen LogP) is 3.25. The molecule has 1 amide bonds. The summed E-state index contributed by atoms with van der Waals surface area (Å²) in [5, 5.41) is 9.33. The monoisotopic (exact) mass is 391 g/mol. The average Bonchev–Trinajstić information content (AvgIpc) is 2.72. The first-order chi connectivity index (χ1) is 13.8. The molecule has 0 aliphatic carbocycles. The van der Waals surface area contributed by atoms with Crippen LogP contribution in [-0.2, 0) is 20.9 Å². The molecule has 1 unspecified atom stereocenters. The average molecular weight is 391 g/mol. The highest BCUT2D eigenvalue weighted by atomic mass is 16.5. The Labute approximate surface area is 171 Å². The number of hydrogen-bond donors (Lipinski definition) is 0. The molecule has 0 radical (unpaired) electrons. The van der Waals surface area contributed by atoms with Crippen molar-refractivity contribution in [2.24, 2.45) is 0 Å². The van der Waals surface area contributed by atoms with Crippen molar-refractivity contribution in [2.75, 3.05) is 26.0 Å². The van der Waals surface area contributed by atoms with Crippen LogP contribution < -0.4 is 4.90 Å². The number of carbonyl (C=O) groups excluding carboxylic acids is 2. The van der Waals surface area contributed by atoms with Gasteiger partial charge in [-0.1, -0.05) is 42.5 Å². The summed E-state index contributed by atoms with van der Waals surface area (Å²) >= 11 is 0. The van der Waals surface area contributed by atoms with Crippen LogP contribution in [0.15, 0.2) is 60.2 Å². The molecule has 29 heavy (non-hydrogen) atoms. The lowest BCUT2D eigenvalue weighted by molar-refractivity contribution is -0.155. The summed E-state index contributed by atoms with van der Waals surface area (Å²) in [7, 11) is 5.50.